The molecule has 3 aromatic rings. The van der Waals surface area contributed by atoms with Gasteiger partial charge in [-0.2, -0.15) is 0 Å². The Morgan fingerprint density at radius 3 is 2.55 bits per heavy atom. The number of rotatable bonds is 9. The van der Waals surface area contributed by atoms with E-state index in [2.05, 4.69) is 10.3 Å². The van der Waals surface area contributed by atoms with Crippen molar-refractivity contribution in [3.8, 4) is 16.3 Å². The quantitative estimate of drug-likeness (QED) is 0.545. The molecule has 0 unspecified atom stereocenters. The Morgan fingerprint density at radius 1 is 1.07 bits per heavy atom. The molecule has 0 aliphatic carbocycles. The molecule has 0 aliphatic rings. The fourth-order valence-electron chi connectivity index (χ4n) is 2.57. The topological polar surface area (TPSA) is 77.5 Å². The van der Waals surface area contributed by atoms with Crippen LogP contribution in [0.25, 0.3) is 10.6 Å². The van der Waals surface area contributed by atoms with Gasteiger partial charge in [-0.15, -0.1) is 11.3 Å². The molecule has 29 heavy (non-hydrogen) atoms. The molecule has 6 nitrogen and oxygen atoms in total. The van der Waals surface area contributed by atoms with Crippen molar-refractivity contribution in [1.29, 1.82) is 0 Å². The maximum absolute atomic E-state index is 12.1. The zero-order valence-electron chi connectivity index (χ0n) is 16.1. The van der Waals surface area contributed by atoms with Crippen LogP contribution in [0.2, 0.25) is 0 Å². The third kappa shape index (κ3) is 6.43. The molecular weight excluding hydrogens is 388 g/mol. The van der Waals surface area contributed by atoms with Gasteiger partial charge in [0.05, 0.1) is 18.7 Å². The van der Waals surface area contributed by atoms with Crippen molar-refractivity contribution < 1.29 is 19.1 Å². The maximum atomic E-state index is 12.1. The molecule has 3 rings (SSSR count). The van der Waals surface area contributed by atoms with Crippen molar-refractivity contribution >= 4 is 23.2 Å². The van der Waals surface area contributed by atoms with Crippen LogP contribution >= 0.6 is 11.3 Å². The van der Waals surface area contributed by atoms with E-state index >= 15 is 0 Å². The molecule has 0 radical (unpaired) electrons. The molecule has 1 N–H and O–H groups in total. The molecule has 0 saturated carbocycles. The lowest BCUT2D eigenvalue weighted by Crippen LogP contribution is -2.31. The van der Waals surface area contributed by atoms with Gasteiger partial charge in [-0.3, -0.25) is 9.59 Å². The monoisotopic (exact) mass is 410 g/mol. The lowest BCUT2D eigenvalue weighted by atomic mass is 10.2. The molecule has 0 atom stereocenters. The molecule has 0 aliphatic heterocycles. The number of amides is 1. The zero-order valence-corrected chi connectivity index (χ0v) is 16.9. The average molecular weight is 410 g/mol. The van der Waals surface area contributed by atoms with E-state index in [0.29, 0.717) is 12.3 Å². The Labute approximate surface area is 173 Å². The Kier molecular flexibility index (Phi) is 7.35. The summed E-state index contributed by atoms with van der Waals surface area (Å²) in [4.78, 5) is 28.4. The predicted octanol–water partition coefficient (Wildman–Crippen LogP) is 3.61. The second-order valence-corrected chi connectivity index (χ2v) is 7.06. The summed E-state index contributed by atoms with van der Waals surface area (Å²) in [5, 5.41) is 5.25. The normalized spacial score (nSPS) is 10.4. The summed E-state index contributed by atoms with van der Waals surface area (Å²) in [6.45, 7) is 2.58. The van der Waals surface area contributed by atoms with Crippen molar-refractivity contribution in [2.24, 2.45) is 0 Å². The summed E-state index contributed by atoms with van der Waals surface area (Å²) in [5.74, 6) is 0.0623. The van der Waals surface area contributed by atoms with Crippen LogP contribution in [0.5, 0.6) is 5.75 Å². The first-order chi connectivity index (χ1) is 14.1. The first kappa shape index (κ1) is 20.5. The van der Waals surface area contributed by atoms with E-state index in [1.54, 1.807) is 0 Å². The van der Waals surface area contributed by atoms with Crippen LogP contribution in [0.4, 0.5) is 0 Å². The summed E-state index contributed by atoms with van der Waals surface area (Å²) < 4.78 is 10.6. The van der Waals surface area contributed by atoms with E-state index in [4.69, 9.17) is 9.47 Å². The number of hydrogen-bond acceptors (Lipinski definition) is 6. The molecule has 2 aromatic carbocycles. The third-order valence-electron chi connectivity index (χ3n) is 3.98. The van der Waals surface area contributed by atoms with E-state index in [9.17, 15) is 9.59 Å². The van der Waals surface area contributed by atoms with Crippen LogP contribution in [-0.2, 0) is 27.4 Å². The molecule has 1 aromatic heterocycles. The van der Waals surface area contributed by atoms with E-state index in [0.717, 1.165) is 21.9 Å². The van der Waals surface area contributed by atoms with Crippen LogP contribution in [-0.4, -0.2) is 30.0 Å². The highest BCUT2D eigenvalue weighted by Crippen LogP contribution is 2.26. The minimum absolute atomic E-state index is 0.111. The largest absolute Gasteiger partial charge is 0.494 e. The van der Waals surface area contributed by atoms with Crippen LogP contribution in [0.3, 0.4) is 0 Å². The Bertz CT molecular complexity index is 939. The first-order valence-corrected chi connectivity index (χ1v) is 10.2. The van der Waals surface area contributed by atoms with Gasteiger partial charge in [-0.05, 0) is 36.8 Å². The van der Waals surface area contributed by atoms with Gasteiger partial charge in [0, 0.05) is 10.9 Å². The molecule has 0 saturated heterocycles. The standard InChI is InChI=1S/C22H22N2O4S/c1-2-27-19-10-8-17(9-11-19)22-24-18(15-29-22)12-20(25)23-13-21(26)28-14-16-6-4-3-5-7-16/h3-11,15H,2,12-14H2,1H3,(H,23,25). The highest BCUT2D eigenvalue weighted by atomic mass is 32.1. The molecule has 0 spiro atoms. The van der Waals surface area contributed by atoms with Crippen molar-refractivity contribution in [3.05, 3.63) is 71.2 Å². The summed E-state index contributed by atoms with van der Waals surface area (Å²) in [7, 11) is 0. The van der Waals surface area contributed by atoms with Crippen LogP contribution in [0, 0.1) is 0 Å². The number of hydrogen-bond donors (Lipinski definition) is 1. The van der Waals surface area contributed by atoms with Crippen molar-refractivity contribution in [2.45, 2.75) is 20.0 Å². The number of esters is 1. The zero-order chi connectivity index (χ0) is 20.5. The fourth-order valence-corrected chi connectivity index (χ4v) is 3.39. The van der Waals surface area contributed by atoms with Gasteiger partial charge in [0.1, 0.15) is 23.9 Å². The lowest BCUT2D eigenvalue weighted by Gasteiger charge is -2.06. The van der Waals surface area contributed by atoms with Gasteiger partial charge in [-0.25, -0.2) is 4.98 Å². The molecule has 1 amide bonds. The number of nitrogens with zero attached hydrogens (tertiary/aromatic N) is 1. The average Bonchev–Trinajstić information content (AvgIpc) is 3.20. The minimum Gasteiger partial charge on any atom is -0.494 e. The summed E-state index contributed by atoms with van der Waals surface area (Å²) in [6, 6.07) is 17.1. The third-order valence-corrected chi connectivity index (χ3v) is 4.92. The van der Waals surface area contributed by atoms with Crippen molar-refractivity contribution in [2.75, 3.05) is 13.2 Å². The molecule has 1 heterocycles. The predicted molar refractivity (Wildman–Crippen MR) is 112 cm³/mol. The molecule has 150 valence electrons. The number of carbonyl (C=O) groups excluding carboxylic acids is 2. The van der Waals surface area contributed by atoms with Crippen LogP contribution in [0.15, 0.2) is 60.0 Å². The number of carbonyl (C=O) groups is 2. The van der Waals surface area contributed by atoms with Crippen molar-refractivity contribution in [3.63, 3.8) is 0 Å². The van der Waals surface area contributed by atoms with Gasteiger partial charge >= 0.3 is 5.97 Å². The van der Waals surface area contributed by atoms with Crippen LogP contribution in [0.1, 0.15) is 18.2 Å². The van der Waals surface area contributed by atoms with Gasteiger partial charge in [0.2, 0.25) is 5.91 Å². The Balaban J connectivity index is 1.44. The number of aromatic nitrogens is 1. The van der Waals surface area contributed by atoms with Gasteiger partial charge in [0.15, 0.2) is 0 Å². The molecular formula is C22H22N2O4S. The molecule has 0 fully saturated rings. The van der Waals surface area contributed by atoms with Gasteiger partial charge in [0.25, 0.3) is 0 Å². The maximum Gasteiger partial charge on any atom is 0.325 e. The van der Waals surface area contributed by atoms with Crippen LogP contribution < -0.4 is 10.1 Å². The van der Waals surface area contributed by atoms with Crippen molar-refractivity contribution in [1.82, 2.24) is 10.3 Å². The Morgan fingerprint density at radius 2 is 1.83 bits per heavy atom. The number of ether oxygens (including phenoxy) is 2. The second-order valence-electron chi connectivity index (χ2n) is 6.20. The van der Waals surface area contributed by atoms with Gasteiger partial charge < -0.3 is 14.8 Å². The highest BCUT2D eigenvalue weighted by molar-refractivity contribution is 7.13. The number of nitrogens with one attached hydrogen (secondary N) is 1. The second kappa shape index (κ2) is 10.4. The van der Waals surface area contributed by atoms with E-state index in [1.165, 1.54) is 11.3 Å². The molecule has 0 bridgehead atoms. The Hall–Kier alpha value is -3.19. The van der Waals surface area contributed by atoms with E-state index in [-0.39, 0.29) is 25.5 Å². The SMILES string of the molecule is CCOc1ccc(-c2nc(CC(=O)NCC(=O)OCc3ccccc3)cs2)cc1. The summed E-state index contributed by atoms with van der Waals surface area (Å²) >= 11 is 1.47. The summed E-state index contributed by atoms with van der Waals surface area (Å²) in [6.07, 6.45) is 0.111. The van der Waals surface area contributed by atoms with E-state index < -0.39 is 5.97 Å². The minimum atomic E-state index is -0.476. The lowest BCUT2D eigenvalue weighted by molar-refractivity contribution is -0.145. The molecule has 7 heteroatoms. The summed E-state index contributed by atoms with van der Waals surface area (Å²) in [5.41, 5.74) is 2.53. The van der Waals surface area contributed by atoms with E-state index in [1.807, 2.05) is 66.9 Å². The fraction of sp³-hybridized carbons (Fsp3) is 0.227. The number of benzene rings is 2. The highest BCUT2D eigenvalue weighted by Gasteiger charge is 2.11. The number of thiazole rings is 1. The first-order valence-electron chi connectivity index (χ1n) is 9.28. The van der Waals surface area contributed by atoms with Gasteiger partial charge in [-0.1, -0.05) is 30.3 Å². The smallest absolute Gasteiger partial charge is 0.325 e.